The highest BCUT2D eigenvalue weighted by atomic mass is 19.1. The molecular formula is C17H18FNO2. The average molecular weight is 287 g/mol. The van der Waals surface area contributed by atoms with Gasteiger partial charge in [-0.2, -0.15) is 0 Å². The normalized spacial score (nSPS) is 10.2. The third-order valence-corrected chi connectivity index (χ3v) is 3.12. The number of ether oxygens (including phenoxy) is 1. The Labute approximate surface area is 123 Å². The highest BCUT2D eigenvalue weighted by molar-refractivity contribution is 5.77. The molecule has 0 atom stereocenters. The van der Waals surface area contributed by atoms with Crippen LogP contribution in [0.3, 0.4) is 0 Å². The van der Waals surface area contributed by atoms with Crippen molar-refractivity contribution in [1.29, 1.82) is 0 Å². The van der Waals surface area contributed by atoms with Gasteiger partial charge in [-0.1, -0.05) is 37.3 Å². The smallest absolute Gasteiger partial charge is 0.258 e. The molecule has 110 valence electrons. The van der Waals surface area contributed by atoms with E-state index >= 15 is 0 Å². The average Bonchev–Trinajstić information content (AvgIpc) is 2.52. The Hall–Kier alpha value is -2.36. The highest BCUT2D eigenvalue weighted by Crippen LogP contribution is 2.17. The van der Waals surface area contributed by atoms with E-state index in [9.17, 15) is 9.18 Å². The van der Waals surface area contributed by atoms with Gasteiger partial charge in [-0.25, -0.2) is 4.39 Å². The van der Waals surface area contributed by atoms with Crippen molar-refractivity contribution in [2.75, 3.05) is 6.61 Å². The zero-order chi connectivity index (χ0) is 15.1. The van der Waals surface area contributed by atoms with Gasteiger partial charge in [0.2, 0.25) is 0 Å². The number of carbonyl (C=O) groups excluding carboxylic acids is 1. The maximum atomic E-state index is 12.8. The quantitative estimate of drug-likeness (QED) is 0.886. The third-order valence-electron chi connectivity index (χ3n) is 3.12. The highest BCUT2D eigenvalue weighted by Gasteiger charge is 2.05. The van der Waals surface area contributed by atoms with E-state index in [0.717, 1.165) is 23.3 Å². The summed E-state index contributed by atoms with van der Waals surface area (Å²) in [7, 11) is 0. The molecule has 4 heteroatoms. The molecule has 0 heterocycles. The van der Waals surface area contributed by atoms with Gasteiger partial charge in [-0.15, -0.1) is 0 Å². The molecule has 21 heavy (non-hydrogen) atoms. The molecule has 1 amide bonds. The van der Waals surface area contributed by atoms with Crippen LogP contribution in [-0.4, -0.2) is 12.5 Å². The SMILES string of the molecule is CCc1ccccc1OCC(=O)NCc1ccc(F)cc1. The first kappa shape index (κ1) is 15.0. The molecule has 3 nitrogen and oxygen atoms in total. The molecule has 2 rings (SSSR count). The number of carbonyl (C=O) groups is 1. The van der Waals surface area contributed by atoms with Gasteiger partial charge in [0.25, 0.3) is 5.91 Å². The Morgan fingerprint density at radius 2 is 1.86 bits per heavy atom. The van der Waals surface area contributed by atoms with Crippen LogP contribution in [0.2, 0.25) is 0 Å². The first-order valence-corrected chi connectivity index (χ1v) is 6.91. The van der Waals surface area contributed by atoms with Crippen molar-refractivity contribution < 1.29 is 13.9 Å². The molecule has 0 saturated carbocycles. The van der Waals surface area contributed by atoms with E-state index < -0.39 is 0 Å². The van der Waals surface area contributed by atoms with E-state index in [-0.39, 0.29) is 18.3 Å². The summed E-state index contributed by atoms with van der Waals surface area (Å²) in [5.41, 5.74) is 1.92. The van der Waals surface area contributed by atoms with Crippen LogP contribution in [0, 0.1) is 5.82 Å². The van der Waals surface area contributed by atoms with Crippen LogP contribution >= 0.6 is 0 Å². The van der Waals surface area contributed by atoms with Gasteiger partial charge >= 0.3 is 0 Å². The lowest BCUT2D eigenvalue weighted by atomic mass is 10.1. The van der Waals surface area contributed by atoms with E-state index in [2.05, 4.69) is 5.32 Å². The molecule has 1 N–H and O–H groups in total. The summed E-state index contributed by atoms with van der Waals surface area (Å²) >= 11 is 0. The number of benzene rings is 2. The van der Waals surface area contributed by atoms with E-state index in [1.54, 1.807) is 12.1 Å². The maximum Gasteiger partial charge on any atom is 0.258 e. The Morgan fingerprint density at radius 1 is 1.14 bits per heavy atom. The molecule has 0 spiro atoms. The molecule has 0 aliphatic rings. The summed E-state index contributed by atoms with van der Waals surface area (Å²) in [5, 5.41) is 2.74. The van der Waals surface area contributed by atoms with Crippen molar-refractivity contribution in [2.45, 2.75) is 19.9 Å². The summed E-state index contributed by atoms with van der Waals surface area (Å²) in [6.07, 6.45) is 0.855. The van der Waals surface area contributed by atoms with Crippen LogP contribution in [0.15, 0.2) is 48.5 Å². The molecule has 2 aromatic rings. The lowest BCUT2D eigenvalue weighted by Gasteiger charge is -2.10. The molecule has 0 aromatic heterocycles. The Balaban J connectivity index is 1.81. The van der Waals surface area contributed by atoms with Crippen LogP contribution in [0.5, 0.6) is 5.75 Å². The number of hydrogen-bond acceptors (Lipinski definition) is 2. The van der Waals surface area contributed by atoms with Gasteiger partial charge in [0.15, 0.2) is 6.61 Å². The predicted octanol–water partition coefficient (Wildman–Crippen LogP) is 3.08. The summed E-state index contributed by atoms with van der Waals surface area (Å²) in [5.74, 6) is 0.242. The Kier molecular flexibility index (Phi) is 5.32. The van der Waals surface area contributed by atoms with Crippen LogP contribution in [0.1, 0.15) is 18.1 Å². The van der Waals surface area contributed by atoms with E-state index in [1.807, 2.05) is 31.2 Å². The van der Waals surface area contributed by atoms with Crippen LogP contribution in [-0.2, 0) is 17.8 Å². The first-order chi connectivity index (χ1) is 10.2. The van der Waals surface area contributed by atoms with Gasteiger partial charge in [-0.3, -0.25) is 4.79 Å². The lowest BCUT2D eigenvalue weighted by molar-refractivity contribution is -0.123. The van der Waals surface area contributed by atoms with Crippen LogP contribution < -0.4 is 10.1 Å². The topological polar surface area (TPSA) is 38.3 Å². The summed E-state index contributed by atoms with van der Waals surface area (Å²) in [4.78, 5) is 11.7. The minimum atomic E-state index is -0.287. The molecular weight excluding hydrogens is 269 g/mol. The second-order valence-corrected chi connectivity index (χ2v) is 4.65. The summed E-state index contributed by atoms with van der Waals surface area (Å²) < 4.78 is 18.3. The molecule has 0 aliphatic carbocycles. The van der Waals surface area contributed by atoms with E-state index in [4.69, 9.17) is 4.74 Å². The molecule has 0 saturated heterocycles. The zero-order valence-corrected chi connectivity index (χ0v) is 11.9. The van der Waals surface area contributed by atoms with Crippen molar-refractivity contribution in [3.63, 3.8) is 0 Å². The third kappa shape index (κ3) is 4.60. The fraction of sp³-hybridized carbons (Fsp3) is 0.235. The monoisotopic (exact) mass is 287 g/mol. The van der Waals surface area contributed by atoms with Gasteiger partial charge in [-0.05, 0) is 35.7 Å². The van der Waals surface area contributed by atoms with E-state index in [1.165, 1.54) is 12.1 Å². The number of halogens is 1. The van der Waals surface area contributed by atoms with Crippen molar-refractivity contribution in [3.05, 3.63) is 65.5 Å². The predicted molar refractivity (Wildman–Crippen MR) is 79.6 cm³/mol. The fourth-order valence-electron chi connectivity index (χ4n) is 1.93. The standard InChI is InChI=1S/C17H18FNO2/c1-2-14-5-3-4-6-16(14)21-12-17(20)19-11-13-7-9-15(18)10-8-13/h3-10H,2,11-12H2,1H3,(H,19,20). The summed E-state index contributed by atoms with van der Waals surface area (Å²) in [6, 6.07) is 13.7. The molecule has 0 bridgehead atoms. The number of nitrogens with one attached hydrogen (secondary N) is 1. The van der Waals surface area contributed by atoms with E-state index in [0.29, 0.717) is 6.54 Å². The number of amides is 1. The molecule has 0 radical (unpaired) electrons. The maximum absolute atomic E-state index is 12.8. The molecule has 0 unspecified atom stereocenters. The Morgan fingerprint density at radius 3 is 2.57 bits per heavy atom. The second kappa shape index (κ2) is 7.43. The number of hydrogen-bond donors (Lipinski definition) is 1. The summed E-state index contributed by atoms with van der Waals surface area (Å²) in [6.45, 7) is 2.37. The van der Waals surface area contributed by atoms with Gasteiger partial charge in [0, 0.05) is 6.54 Å². The van der Waals surface area contributed by atoms with Crippen LogP contribution in [0.25, 0.3) is 0 Å². The van der Waals surface area contributed by atoms with Gasteiger partial charge < -0.3 is 10.1 Å². The zero-order valence-electron chi connectivity index (χ0n) is 11.9. The lowest BCUT2D eigenvalue weighted by Crippen LogP contribution is -2.28. The van der Waals surface area contributed by atoms with Crippen molar-refractivity contribution in [2.24, 2.45) is 0 Å². The van der Waals surface area contributed by atoms with Crippen molar-refractivity contribution >= 4 is 5.91 Å². The number of aryl methyl sites for hydroxylation is 1. The van der Waals surface area contributed by atoms with Crippen molar-refractivity contribution in [3.8, 4) is 5.75 Å². The van der Waals surface area contributed by atoms with Crippen LogP contribution in [0.4, 0.5) is 4.39 Å². The molecule has 2 aromatic carbocycles. The largest absolute Gasteiger partial charge is 0.483 e. The van der Waals surface area contributed by atoms with Gasteiger partial charge in [0.1, 0.15) is 11.6 Å². The first-order valence-electron chi connectivity index (χ1n) is 6.91. The van der Waals surface area contributed by atoms with Gasteiger partial charge in [0.05, 0.1) is 0 Å². The second-order valence-electron chi connectivity index (χ2n) is 4.65. The Bertz CT molecular complexity index is 596. The molecule has 0 fully saturated rings. The fourth-order valence-corrected chi connectivity index (χ4v) is 1.93. The minimum absolute atomic E-state index is 0.0296. The number of para-hydroxylation sites is 1. The molecule has 0 aliphatic heterocycles. The minimum Gasteiger partial charge on any atom is -0.483 e. The van der Waals surface area contributed by atoms with Crippen molar-refractivity contribution in [1.82, 2.24) is 5.32 Å². The number of rotatable bonds is 6.